The number of nitrogens with zero attached hydrogens (tertiary/aromatic N) is 5. The molecule has 1 fully saturated rings. The zero-order valence-electron chi connectivity index (χ0n) is 19.0. The lowest BCUT2D eigenvalue weighted by Crippen LogP contribution is -2.32. The van der Waals surface area contributed by atoms with E-state index in [4.69, 9.17) is 0 Å². The molecule has 31 heavy (non-hydrogen) atoms. The van der Waals surface area contributed by atoms with Crippen LogP contribution < -0.4 is 4.90 Å². The summed E-state index contributed by atoms with van der Waals surface area (Å²) in [6.07, 6.45) is 0.402. The van der Waals surface area contributed by atoms with Crippen molar-refractivity contribution >= 4 is 21.7 Å². The summed E-state index contributed by atoms with van der Waals surface area (Å²) in [5.74, 6) is 1.19. The molecule has 1 aromatic carbocycles. The van der Waals surface area contributed by atoms with Gasteiger partial charge in [0, 0.05) is 52.1 Å². The SMILES string of the molecule is Cc1ccc(S(=O)(=O)N(C)Cc2nc([C@H]3CC(=O)N(C(C)C)C3)cc(N(C)C)n2)cc1. The van der Waals surface area contributed by atoms with Crippen molar-refractivity contribution in [2.45, 2.75) is 50.6 Å². The summed E-state index contributed by atoms with van der Waals surface area (Å²) in [4.78, 5) is 25.5. The van der Waals surface area contributed by atoms with Crippen molar-refractivity contribution in [2.75, 3.05) is 32.6 Å². The Hall–Kier alpha value is -2.52. The third-order valence-corrected chi connectivity index (χ3v) is 7.35. The summed E-state index contributed by atoms with van der Waals surface area (Å²) in [5.41, 5.74) is 1.76. The molecule has 0 unspecified atom stereocenters. The minimum Gasteiger partial charge on any atom is -0.363 e. The number of hydrogen-bond acceptors (Lipinski definition) is 6. The Morgan fingerprint density at radius 3 is 2.32 bits per heavy atom. The van der Waals surface area contributed by atoms with Crippen LogP contribution in [0.5, 0.6) is 0 Å². The lowest BCUT2D eigenvalue weighted by molar-refractivity contribution is -0.129. The number of sulfonamides is 1. The van der Waals surface area contributed by atoms with Gasteiger partial charge in [0.2, 0.25) is 15.9 Å². The third kappa shape index (κ3) is 5.04. The molecular formula is C22H31N5O3S. The second-order valence-corrected chi connectivity index (χ2v) is 10.6. The number of carbonyl (C=O) groups excluding carboxylic acids is 1. The van der Waals surface area contributed by atoms with Gasteiger partial charge in [-0.05, 0) is 32.9 Å². The molecule has 1 aromatic heterocycles. The Balaban J connectivity index is 1.89. The molecule has 1 aliphatic heterocycles. The first-order valence-electron chi connectivity index (χ1n) is 10.4. The predicted octanol–water partition coefficient (Wildman–Crippen LogP) is 2.40. The van der Waals surface area contributed by atoms with Gasteiger partial charge in [-0.15, -0.1) is 0 Å². The molecule has 0 spiro atoms. The first kappa shape index (κ1) is 23.1. The summed E-state index contributed by atoms with van der Waals surface area (Å²) in [6, 6.07) is 8.79. The molecule has 0 N–H and O–H groups in total. The topological polar surface area (TPSA) is 86.7 Å². The minimum absolute atomic E-state index is 0.0330. The van der Waals surface area contributed by atoms with Gasteiger partial charge in [-0.25, -0.2) is 18.4 Å². The maximum Gasteiger partial charge on any atom is 0.243 e. The van der Waals surface area contributed by atoms with Crippen LogP contribution in [0.3, 0.4) is 0 Å². The van der Waals surface area contributed by atoms with Gasteiger partial charge in [0.05, 0.1) is 17.1 Å². The number of amides is 1. The highest BCUT2D eigenvalue weighted by atomic mass is 32.2. The molecule has 0 aliphatic carbocycles. The van der Waals surface area contributed by atoms with Crippen LogP contribution in [0, 0.1) is 6.92 Å². The highest BCUT2D eigenvalue weighted by molar-refractivity contribution is 7.89. The summed E-state index contributed by atoms with van der Waals surface area (Å²) < 4.78 is 27.2. The van der Waals surface area contributed by atoms with Crippen LogP contribution in [0.25, 0.3) is 0 Å². The molecule has 1 atom stereocenters. The maximum atomic E-state index is 13.0. The van der Waals surface area contributed by atoms with Gasteiger partial charge in [0.15, 0.2) is 0 Å². The van der Waals surface area contributed by atoms with E-state index < -0.39 is 10.0 Å². The number of carbonyl (C=O) groups is 1. The summed E-state index contributed by atoms with van der Waals surface area (Å²) in [5, 5.41) is 0. The van der Waals surface area contributed by atoms with Crippen molar-refractivity contribution in [1.82, 2.24) is 19.2 Å². The van der Waals surface area contributed by atoms with E-state index in [0.29, 0.717) is 24.6 Å². The van der Waals surface area contributed by atoms with Crippen LogP contribution in [0.1, 0.15) is 43.3 Å². The number of aryl methyl sites for hydroxylation is 1. The number of aromatic nitrogens is 2. The fraction of sp³-hybridized carbons (Fsp3) is 0.500. The van der Waals surface area contributed by atoms with Crippen molar-refractivity contribution in [3.05, 3.63) is 47.4 Å². The van der Waals surface area contributed by atoms with Gasteiger partial charge in [-0.3, -0.25) is 4.79 Å². The summed E-state index contributed by atoms with van der Waals surface area (Å²) in [6.45, 7) is 6.57. The van der Waals surface area contributed by atoms with Crippen molar-refractivity contribution in [3.63, 3.8) is 0 Å². The number of likely N-dealkylation sites (tertiary alicyclic amines) is 1. The van der Waals surface area contributed by atoms with Gasteiger partial charge in [-0.2, -0.15) is 4.31 Å². The minimum atomic E-state index is -3.67. The molecular weight excluding hydrogens is 414 g/mol. The molecule has 0 bridgehead atoms. The molecule has 168 valence electrons. The number of hydrogen-bond donors (Lipinski definition) is 0. The fourth-order valence-electron chi connectivity index (χ4n) is 3.62. The largest absolute Gasteiger partial charge is 0.363 e. The second kappa shape index (κ2) is 8.92. The quantitative estimate of drug-likeness (QED) is 0.650. The Bertz CT molecular complexity index is 1050. The van der Waals surface area contributed by atoms with Crippen molar-refractivity contribution in [1.29, 1.82) is 0 Å². The van der Waals surface area contributed by atoms with E-state index in [1.165, 1.54) is 11.4 Å². The van der Waals surface area contributed by atoms with E-state index in [1.807, 2.05) is 50.7 Å². The van der Waals surface area contributed by atoms with Crippen molar-refractivity contribution < 1.29 is 13.2 Å². The van der Waals surface area contributed by atoms with Gasteiger partial charge in [0.25, 0.3) is 0 Å². The Morgan fingerprint density at radius 2 is 1.77 bits per heavy atom. The monoisotopic (exact) mass is 445 g/mol. The van der Waals surface area contributed by atoms with Gasteiger partial charge >= 0.3 is 0 Å². The predicted molar refractivity (Wildman–Crippen MR) is 120 cm³/mol. The summed E-state index contributed by atoms with van der Waals surface area (Å²) in [7, 11) is 1.61. The fourth-order valence-corrected chi connectivity index (χ4v) is 4.74. The first-order chi connectivity index (χ1) is 14.5. The smallest absolute Gasteiger partial charge is 0.243 e. The van der Waals surface area contributed by atoms with Crippen LogP contribution in [-0.4, -0.2) is 67.2 Å². The molecule has 1 amide bonds. The molecule has 0 saturated carbocycles. The Morgan fingerprint density at radius 1 is 1.13 bits per heavy atom. The van der Waals surface area contributed by atoms with Crippen LogP contribution in [0.2, 0.25) is 0 Å². The maximum absolute atomic E-state index is 13.0. The summed E-state index contributed by atoms with van der Waals surface area (Å²) >= 11 is 0. The highest BCUT2D eigenvalue weighted by Gasteiger charge is 2.33. The molecule has 9 heteroatoms. The standard InChI is InChI=1S/C22H31N5O3S/c1-15(2)27-13-17(11-22(27)28)19-12-21(25(4)5)24-20(23-19)14-26(6)31(29,30)18-9-7-16(3)8-10-18/h7-10,12,15,17H,11,13-14H2,1-6H3/t17-/m0/s1. The molecule has 0 radical (unpaired) electrons. The zero-order valence-corrected chi connectivity index (χ0v) is 19.8. The van der Waals surface area contributed by atoms with Gasteiger partial charge < -0.3 is 9.80 Å². The lowest BCUT2D eigenvalue weighted by atomic mass is 10.0. The van der Waals surface area contributed by atoms with Crippen LogP contribution in [0.4, 0.5) is 5.82 Å². The molecule has 2 aromatic rings. The van der Waals surface area contributed by atoms with Crippen molar-refractivity contribution in [3.8, 4) is 0 Å². The number of anilines is 1. The first-order valence-corrected chi connectivity index (χ1v) is 11.8. The number of rotatable bonds is 7. The van der Waals surface area contributed by atoms with Crippen LogP contribution >= 0.6 is 0 Å². The molecule has 8 nitrogen and oxygen atoms in total. The molecule has 1 aliphatic rings. The Labute approximate surface area is 185 Å². The average molecular weight is 446 g/mol. The van der Waals surface area contributed by atoms with E-state index in [9.17, 15) is 13.2 Å². The van der Waals surface area contributed by atoms with Crippen LogP contribution in [-0.2, 0) is 21.4 Å². The second-order valence-electron chi connectivity index (χ2n) is 8.58. The van der Waals surface area contributed by atoms with Gasteiger partial charge in [0.1, 0.15) is 11.6 Å². The van der Waals surface area contributed by atoms with Crippen molar-refractivity contribution in [2.24, 2.45) is 0 Å². The average Bonchev–Trinajstić information content (AvgIpc) is 3.10. The normalized spacial score (nSPS) is 17.1. The Kier molecular flexibility index (Phi) is 6.66. The van der Waals surface area contributed by atoms with E-state index in [1.54, 1.807) is 24.3 Å². The van der Waals surface area contributed by atoms with E-state index in [2.05, 4.69) is 9.97 Å². The highest BCUT2D eigenvalue weighted by Crippen LogP contribution is 2.30. The van der Waals surface area contributed by atoms with E-state index in [0.717, 1.165) is 11.3 Å². The molecule has 1 saturated heterocycles. The third-order valence-electron chi connectivity index (χ3n) is 5.53. The zero-order chi connectivity index (χ0) is 22.9. The number of benzene rings is 1. The molecule has 3 rings (SSSR count). The molecule has 2 heterocycles. The van der Waals surface area contributed by atoms with E-state index in [-0.39, 0.29) is 29.3 Å². The van der Waals surface area contributed by atoms with Gasteiger partial charge in [-0.1, -0.05) is 17.7 Å². The van der Waals surface area contributed by atoms with Crippen LogP contribution in [0.15, 0.2) is 35.2 Å². The van der Waals surface area contributed by atoms with E-state index >= 15 is 0 Å². The lowest BCUT2D eigenvalue weighted by Gasteiger charge is -2.22.